The Bertz CT molecular complexity index is 1620. The number of ether oxygens (including phenoxy) is 11. The van der Waals surface area contributed by atoms with Gasteiger partial charge in [0.1, 0.15) is 37.1 Å². The van der Waals surface area contributed by atoms with Gasteiger partial charge in [0, 0.05) is 11.8 Å². The van der Waals surface area contributed by atoms with Gasteiger partial charge in [0.15, 0.2) is 35.6 Å². The maximum absolute atomic E-state index is 13.6. The van der Waals surface area contributed by atoms with E-state index in [0.29, 0.717) is 28.2 Å². The van der Waals surface area contributed by atoms with Gasteiger partial charge in [-0.25, -0.2) is 4.79 Å². The van der Waals surface area contributed by atoms with E-state index < -0.39 is 92.3 Å². The molecule has 5 aliphatic rings. The Morgan fingerprint density at radius 3 is 2.37 bits per heavy atom. The van der Waals surface area contributed by atoms with Crippen LogP contribution in [0.15, 0.2) is 36.9 Å². The van der Waals surface area contributed by atoms with Gasteiger partial charge in [-0.15, -0.1) is 0 Å². The molecule has 2 aromatic carbocycles. The first-order valence-corrected chi connectivity index (χ1v) is 16.2. The zero-order valence-corrected chi connectivity index (χ0v) is 27.6. The van der Waals surface area contributed by atoms with Crippen LogP contribution in [0, 0.1) is 11.8 Å². The largest absolute Gasteiger partial charge is 0.514 e. The lowest BCUT2D eigenvalue weighted by atomic mass is 9.66. The monoisotopic (exact) mass is 718 g/mol. The summed E-state index contributed by atoms with van der Waals surface area (Å²) in [5.41, 5.74) is 1.71. The summed E-state index contributed by atoms with van der Waals surface area (Å²) in [4.78, 5) is 26.1. The van der Waals surface area contributed by atoms with Crippen molar-refractivity contribution in [3.8, 4) is 28.7 Å². The zero-order valence-electron chi connectivity index (χ0n) is 27.6. The second kappa shape index (κ2) is 14.4. The number of methoxy groups -OCH3 is 2. The van der Waals surface area contributed by atoms with Gasteiger partial charge in [-0.1, -0.05) is 6.58 Å². The van der Waals surface area contributed by atoms with Gasteiger partial charge < -0.3 is 72.5 Å². The topological polar surface area (TPSA) is 217 Å². The fourth-order valence-corrected chi connectivity index (χ4v) is 7.17. The molecule has 11 atom stereocenters. The highest BCUT2D eigenvalue weighted by Gasteiger charge is 2.56. The van der Waals surface area contributed by atoms with Crippen LogP contribution >= 0.6 is 0 Å². The Morgan fingerprint density at radius 1 is 1.00 bits per heavy atom. The molecule has 0 saturated carbocycles. The lowest BCUT2D eigenvalue weighted by Gasteiger charge is -2.47. The SMILES string of the molecule is C=CC1OCC2OC(OC3c4cc5c(cc4C(c4cc(OC)c(OC(=O)OCC(O)CO)c(OC)c4)C4C(=O)OCC34)OCO5)C(O)C(O)C2O1. The highest BCUT2D eigenvalue weighted by atomic mass is 16.8. The van der Waals surface area contributed by atoms with E-state index >= 15 is 0 Å². The van der Waals surface area contributed by atoms with Crippen LogP contribution in [0.4, 0.5) is 4.79 Å². The van der Waals surface area contributed by atoms with Crippen molar-refractivity contribution in [2.45, 2.75) is 55.1 Å². The molecule has 0 amide bonds. The van der Waals surface area contributed by atoms with Crippen molar-refractivity contribution < 1.29 is 82.1 Å². The Hall–Kier alpha value is -4.20. The second-order valence-corrected chi connectivity index (χ2v) is 12.5. The van der Waals surface area contributed by atoms with Crippen LogP contribution < -0.4 is 23.7 Å². The molecule has 3 fully saturated rings. The molecule has 4 aliphatic heterocycles. The van der Waals surface area contributed by atoms with Crippen LogP contribution in [0.3, 0.4) is 0 Å². The van der Waals surface area contributed by atoms with E-state index in [4.69, 9.17) is 57.2 Å². The first-order valence-electron chi connectivity index (χ1n) is 16.2. The number of carbonyl (C=O) groups is 2. The molecule has 17 nitrogen and oxygen atoms in total. The molecule has 11 unspecified atom stereocenters. The number of hydrogen-bond donors (Lipinski definition) is 4. The van der Waals surface area contributed by atoms with E-state index in [1.54, 1.807) is 24.3 Å². The first kappa shape index (κ1) is 35.2. The van der Waals surface area contributed by atoms with Gasteiger partial charge in [0.05, 0.1) is 46.1 Å². The molecule has 3 saturated heterocycles. The molecular formula is C34H38O17. The van der Waals surface area contributed by atoms with Crippen molar-refractivity contribution in [1.29, 1.82) is 0 Å². The van der Waals surface area contributed by atoms with Crippen LogP contribution in [0.2, 0.25) is 0 Å². The van der Waals surface area contributed by atoms with Gasteiger partial charge in [-0.05, 0) is 47.0 Å². The fourth-order valence-electron chi connectivity index (χ4n) is 7.17. The maximum Gasteiger partial charge on any atom is 0.514 e. The highest BCUT2D eigenvalue weighted by Crippen LogP contribution is 2.57. The highest BCUT2D eigenvalue weighted by molar-refractivity contribution is 5.79. The zero-order chi connectivity index (χ0) is 36.0. The summed E-state index contributed by atoms with van der Waals surface area (Å²) < 4.78 is 62.4. The van der Waals surface area contributed by atoms with Crippen molar-refractivity contribution in [2.75, 3.05) is 47.4 Å². The minimum absolute atomic E-state index is 0.0339. The van der Waals surface area contributed by atoms with Crippen LogP contribution in [-0.2, 0) is 33.2 Å². The van der Waals surface area contributed by atoms with Crippen LogP contribution in [0.25, 0.3) is 0 Å². The van der Waals surface area contributed by atoms with Gasteiger partial charge in [0.25, 0.3) is 0 Å². The molecule has 4 heterocycles. The number of hydrogen-bond acceptors (Lipinski definition) is 17. The standard InChI is InChI=1S/C34H38O17/c1-4-24-43-12-23-31(49-24)27(37)28(38)33(48-23)50-29-17-8-20-19(46-13-47-20)7-16(17)25(26-18(29)11-44-32(26)39)14-5-21(41-2)30(22(6-14)42-3)51-34(40)45-10-15(36)9-35/h4-8,15,18,23-29,31,33,35-38H,1,9-13H2,2-3H3. The molecule has 4 N–H and O–H groups in total. The van der Waals surface area contributed by atoms with Crippen LogP contribution in [0.5, 0.6) is 28.7 Å². The number of aliphatic hydroxyl groups is 4. The number of carbonyl (C=O) groups excluding carboxylic acids is 2. The van der Waals surface area contributed by atoms with E-state index in [2.05, 4.69) is 6.58 Å². The third-order valence-corrected chi connectivity index (χ3v) is 9.58. The Kier molecular flexibility index (Phi) is 9.97. The Balaban J connectivity index is 1.25. The van der Waals surface area contributed by atoms with Crippen LogP contribution in [0.1, 0.15) is 28.7 Å². The molecule has 0 radical (unpaired) electrons. The van der Waals surface area contributed by atoms with Crippen molar-refractivity contribution >= 4 is 12.1 Å². The summed E-state index contributed by atoms with van der Waals surface area (Å²) in [6, 6.07) is 6.66. The van der Waals surface area contributed by atoms with E-state index in [-0.39, 0.29) is 37.3 Å². The quantitative estimate of drug-likeness (QED) is 0.151. The summed E-state index contributed by atoms with van der Waals surface area (Å²) in [5, 5.41) is 40.8. The number of esters is 1. The average Bonchev–Trinajstić information content (AvgIpc) is 3.77. The molecule has 17 heteroatoms. The second-order valence-electron chi connectivity index (χ2n) is 12.5. The smallest absolute Gasteiger partial charge is 0.493 e. The first-order chi connectivity index (χ1) is 24.6. The van der Waals surface area contributed by atoms with E-state index in [1.165, 1.54) is 20.3 Å². The van der Waals surface area contributed by atoms with E-state index in [9.17, 15) is 24.9 Å². The van der Waals surface area contributed by atoms with Gasteiger partial charge in [-0.2, -0.15) is 0 Å². The van der Waals surface area contributed by atoms with Crippen molar-refractivity contribution in [2.24, 2.45) is 11.8 Å². The van der Waals surface area contributed by atoms with Crippen LogP contribution in [-0.4, -0.2) is 123 Å². The fraction of sp³-hybridized carbons (Fsp3) is 0.529. The minimum Gasteiger partial charge on any atom is -0.493 e. The van der Waals surface area contributed by atoms with E-state index in [0.717, 1.165) is 0 Å². The predicted molar refractivity (Wildman–Crippen MR) is 166 cm³/mol. The molecule has 0 bridgehead atoms. The number of benzene rings is 2. The predicted octanol–water partition coefficient (Wildman–Crippen LogP) is 0.668. The molecule has 51 heavy (non-hydrogen) atoms. The Morgan fingerprint density at radius 2 is 1.71 bits per heavy atom. The van der Waals surface area contributed by atoms with Gasteiger partial charge in [0.2, 0.25) is 12.5 Å². The Labute approximate surface area is 291 Å². The average molecular weight is 719 g/mol. The van der Waals surface area contributed by atoms with Crippen molar-refractivity contribution in [3.63, 3.8) is 0 Å². The summed E-state index contributed by atoms with van der Waals surface area (Å²) in [6.45, 7) is 2.49. The van der Waals surface area contributed by atoms with Crippen molar-refractivity contribution in [1.82, 2.24) is 0 Å². The molecule has 7 rings (SSSR count). The number of rotatable bonds is 10. The lowest BCUT2D eigenvalue weighted by molar-refractivity contribution is -0.360. The van der Waals surface area contributed by atoms with Gasteiger partial charge in [-0.3, -0.25) is 4.79 Å². The molecule has 1 aliphatic carbocycles. The molecule has 0 spiro atoms. The third-order valence-electron chi connectivity index (χ3n) is 9.58. The number of aliphatic hydroxyl groups excluding tert-OH is 4. The normalized spacial score (nSPS) is 32.5. The van der Waals surface area contributed by atoms with Crippen molar-refractivity contribution in [3.05, 3.63) is 53.6 Å². The van der Waals surface area contributed by atoms with Gasteiger partial charge >= 0.3 is 12.1 Å². The molecule has 0 aromatic heterocycles. The number of cyclic esters (lactones) is 1. The maximum atomic E-state index is 13.6. The minimum atomic E-state index is -1.53. The lowest BCUT2D eigenvalue weighted by Crippen LogP contribution is -2.63. The third kappa shape index (κ3) is 6.44. The summed E-state index contributed by atoms with van der Waals surface area (Å²) in [5.74, 6) is -1.83. The number of fused-ring (bicyclic) bond motifs is 4. The molecule has 276 valence electrons. The summed E-state index contributed by atoms with van der Waals surface area (Å²) >= 11 is 0. The molecular weight excluding hydrogens is 680 g/mol. The molecule has 2 aromatic rings. The summed E-state index contributed by atoms with van der Waals surface area (Å²) in [7, 11) is 2.70. The summed E-state index contributed by atoms with van der Waals surface area (Å²) in [6.07, 6.45) is -8.65. The van der Waals surface area contributed by atoms with E-state index in [1.807, 2.05) is 0 Å².